The molecule has 0 aliphatic rings. The number of halogens is 3. The number of hydrogen-bond donors (Lipinski definition) is 1. The summed E-state index contributed by atoms with van der Waals surface area (Å²) in [6, 6.07) is 9.61. The molecule has 0 unspecified atom stereocenters. The lowest BCUT2D eigenvalue weighted by Crippen LogP contribution is -2.37. The second kappa shape index (κ2) is 10.0. The molecule has 0 aromatic heterocycles. The molecule has 170 valence electrons. The molecule has 31 heavy (non-hydrogen) atoms. The molecule has 0 bridgehead atoms. The number of carboxylic acid groups (broad SMARTS) is 1. The molecule has 0 heterocycles. The number of aliphatic carboxylic acids is 1. The van der Waals surface area contributed by atoms with Crippen LogP contribution in [0.25, 0.3) is 0 Å². The van der Waals surface area contributed by atoms with Gasteiger partial charge in [-0.05, 0) is 57.0 Å². The minimum absolute atomic E-state index is 0.00370. The van der Waals surface area contributed by atoms with Crippen LogP contribution in [0.4, 0.5) is 18.9 Å². The average Bonchev–Trinajstić information content (AvgIpc) is 2.68. The van der Waals surface area contributed by atoms with Gasteiger partial charge in [0.2, 0.25) is 0 Å². The Morgan fingerprint density at radius 2 is 1.74 bits per heavy atom. The maximum atomic E-state index is 13.2. The van der Waals surface area contributed by atoms with Crippen LogP contribution in [-0.2, 0) is 21.0 Å². The summed E-state index contributed by atoms with van der Waals surface area (Å²) in [5.74, 6) is -1.22. The van der Waals surface area contributed by atoms with E-state index in [1.54, 1.807) is 32.0 Å². The Labute approximate surface area is 179 Å². The third-order valence-corrected chi connectivity index (χ3v) is 6.34. The number of ether oxygens (including phenoxy) is 1. The van der Waals surface area contributed by atoms with Crippen molar-refractivity contribution in [1.29, 1.82) is 0 Å². The lowest BCUT2D eigenvalue weighted by Gasteiger charge is -2.30. The molecule has 0 fully saturated rings. The smallest absolute Gasteiger partial charge is 0.416 e. The molecule has 2 rings (SSSR count). The summed E-state index contributed by atoms with van der Waals surface area (Å²) >= 11 is 0. The van der Waals surface area contributed by atoms with Gasteiger partial charge in [0.1, 0.15) is 5.75 Å². The van der Waals surface area contributed by atoms with E-state index in [-0.39, 0.29) is 42.2 Å². The number of unbranched alkanes of at least 4 members (excludes halogenated alkanes) is 1. The lowest BCUT2D eigenvalue weighted by atomic mass is 10.1. The van der Waals surface area contributed by atoms with Crippen molar-refractivity contribution >= 4 is 21.7 Å². The van der Waals surface area contributed by atoms with Crippen LogP contribution in [0.2, 0.25) is 0 Å². The molecule has 0 radical (unpaired) electrons. The van der Waals surface area contributed by atoms with Gasteiger partial charge in [0.25, 0.3) is 10.0 Å². The first-order valence-corrected chi connectivity index (χ1v) is 11.0. The van der Waals surface area contributed by atoms with Crippen molar-refractivity contribution in [2.45, 2.75) is 50.2 Å². The van der Waals surface area contributed by atoms with Gasteiger partial charge in [0, 0.05) is 12.5 Å². The summed E-state index contributed by atoms with van der Waals surface area (Å²) in [7, 11) is -4.08. The molecule has 0 atom stereocenters. The van der Waals surface area contributed by atoms with E-state index in [0.717, 1.165) is 22.5 Å². The summed E-state index contributed by atoms with van der Waals surface area (Å²) in [6.45, 7) is 3.16. The van der Waals surface area contributed by atoms with Gasteiger partial charge < -0.3 is 9.84 Å². The van der Waals surface area contributed by atoms with E-state index in [1.165, 1.54) is 12.1 Å². The number of benzene rings is 2. The normalized spacial score (nSPS) is 12.1. The van der Waals surface area contributed by atoms with Gasteiger partial charge in [0.15, 0.2) is 0 Å². The van der Waals surface area contributed by atoms with Gasteiger partial charge in [-0.2, -0.15) is 13.2 Å². The third-order valence-electron chi connectivity index (χ3n) is 4.34. The van der Waals surface area contributed by atoms with Crippen LogP contribution in [0.5, 0.6) is 5.75 Å². The first-order chi connectivity index (χ1) is 14.4. The molecule has 0 aliphatic heterocycles. The topological polar surface area (TPSA) is 83.9 Å². The minimum Gasteiger partial charge on any atom is -0.491 e. The van der Waals surface area contributed by atoms with Gasteiger partial charge in [-0.25, -0.2) is 8.42 Å². The van der Waals surface area contributed by atoms with Crippen molar-refractivity contribution in [2.24, 2.45) is 0 Å². The van der Waals surface area contributed by atoms with Gasteiger partial charge in [-0.3, -0.25) is 9.10 Å². The van der Waals surface area contributed by atoms with Crippen LogP contribution >= 0.6 is 0 Å². The summed E-state index contributed by atoms with van der Waals surface area (Å²) in [5, 5.41) is 8.69. The number of alkyl halides is 3. The Bertz CT molecular complexity index is 992. The number of sulfonamides is 1. The van der Waals surface area contributed by atoms with Crippen molar-refractivity contribution < 1.29 is 36.2 Å². The fourth-order valence-electron chi connectivity index (χ4n) is 2.94. The molecule has 2 aromatic carbocycles. The zero-order chi connectivity index (χ0) is 23.2. The fraction of sp³-hybridized carbons (Fsp3) is 0.381. The highest BCUT2D eigenvalue weighted by molar-refractivity contribution is 7.92. The second-order valence-electron chi connectivity index (χ2n) is 7.09. The summed E-state index contributed by atoms with van der Waals surface area (Å²) in [5.41, 5.74) is -0.998. The molecule has 2 aromatic rings. The maximum Gasteiger partial charge on any atom is 0.416 e. The molecule has 0 saturated heterocycles. The van der Waals surface area contributed by atoms with Crippen LogP contribution in [0.1, 0.15) is 38.7 Å². The average molecular weight is 459 g/mol. The number of carbonyl (C=O) groups is 1. The fourth-order valence-corrected chi connectivity index (χ4v) is 4.63. The van der Waals surface area contributed by atoms with Crippen LogP contribution in [0.15, 0.2) is 53.4 Å². The third kappa shape index (κ3) is 6.36. The van der Waals surface area contributed by atoms with Crippen molar-refractivity contribution in [3.8, 4) is 5.75 Å². The number of carboxylic acids is 1. The SMILES string of the molecule is CC(C)N(c1ccc(C(F)(F)F)cc1OCCCCC(=O)O)S(=O)(=O)c1ccccc1. The number of rotatable bonds is 10. The van der Waals surface area contributed by atoms with Crippen molar-refractivity contribution in [3.05, 3.63) is 54.1 Å². The highest BCUT2D eigenvalue weighted by atomic mass is 32.2. The van der Waals surface area contributed by atoms with E-state index in [2.05, 4.69) is 0 Å². The van der Waals surface area contributed by atoms with Crippen LogP contribution < -0.4 is 9.04 Å². The van der Waals surface area contributed by atoms with Gasteiger partial charge >= 0.3 is 12.1 Å². The molecule has 6 nitrogen and oxygen atoms in total. The van der Waals surface area contributed by atoms with Gasteiger partial charge in [0.05, 0.1) is 22.8 Å². The Kier molecular flexibility index (Phi) is 7.94. The first kappa shape index (κ1) is 24.5. The van der Waals surface area contributed by atoms with Crippen molar-refractivity contribution in [2.75, 3.05) is 10.9 Å². The highest BCUT2D eigenvalue weighted by Crippen LogP contribution is 2.39. The van der Waals surface area contributed by atoms with Crippen LogP contribution in [0.3, 0.4) is 0 Å². The van der Waals surface area contributed by atoms with E-state index in [1.807, 2.05) is 0 Å². The maximum absolute atomic E-state index is 13.2. The van der Waals surface area contributed by atoms with Gasteiger partial charge in [-0.1, -0.05) is 18.2 Å². The Morgan fingerprint density at radius 1 is 1.10 bits per heavy atom. The second-order valence-corrected chi connectivity index (χ2v) is 8.90. The van der Waals surface area contributed by atoms with Crippen LogP contribution in [0, 0.1) is 0 Å². The largest absolute Gasteiger partial charge is 0.491 e. The van der Waals surface area contributed by atoms with E-state index in [9.17, 15) is 26.4 Å². The summed E-state index contributed by atoms with van der Waals surface area (Å²) < 4.78 is 72.7. The lowest BCUT2D eigenvalue weighted by molar-refractivity contribution is -0.138. The van der Waals surface area contributed by atoms with Crippen LogP contribution in [-0.4, -0.2) is 32.1 Å². The molecular formula is C21H24F3NO5S. The van der Waals surface area contributed by atoms with Crippen molar-refractivity contribution in [3.63, 3.8) is 0 Å². The molecule has 0 aliphatic carbocycles. The Balaban J connectivity index is 2.46. The molecule has 1 N–H and O–H groups in total. The van der Waals surface area contributed by atoms with E-state index < -0.39 is 33.8 Å². The zero-order valence-electron chi connectivity index (χ0n) is 17.1. The van der Waals surface area contributed by atoms with E-state index in [4.69, 9.17) is 9.84 Å². The zero-order valence-corrected chi connectivity index (χ0v) is 17.9. The summed E-state index contributed by atoms with van der Waals surface area (Å²) in [4.78, 5) is 10.6. The number of anilines is 1. The number of hydrogen-bond acceptors (Lipinski definition) is 4. The Morgan fingerprint density at radius 3 is 2.29 bits per heavy atom. The predicted octanol–water partition coefficient (Wildman–Crippen LogP) is 4.94. The minimum atomic E-state index is -4.64. The Hall–Kier alpha value is -2.75. The number of nitrogens with zero attached hydrogens (tertiary/aromatic N) is 1. The molecule has 0 spiro atoms. The highest BCUT2D eigenvalue weighted by Gasteiger charge is 2.34. The van der Waals surface area contributed by atoms with E-state index in [0.29, 0.717) is 0 Å². The monoisotopic (exact) mass is 459 g/mol. The first-order valence-electron chi connectivity index (χ1n) is 9.60. The molecular weight excluding hydrogens is 435 g/mol. The predicted molar refractivity (Wildman–Crippen MR) is 110 cm³/mol. The quantitative estimate of drug-likeness (QED) is 0.509. The standard InChI is InChI=1S/C21H24F3NO5S/c1-15(2)25(31(28,29)17-8-4-3-5-9-17)18-12-11-16(21(22,23)24)14-19(18)30-13-7-6-10-20(26)27/h3-5,8-9,11-12,14-15H,6-7,10,13H2,1-2H3,(H,26,27). The molecule has 0 amide bonds. The molecule has 10 heteroatoms. The van der Waals surface area contributed by atoms with Crippen molar-refractivity contribution in [1.82, 2.24) is 0 Å². The van der Waals surface area contributed by atoms with Gasteiger partial charge in [-0.15, -0.1) is 0 Å². The van der Waals surface area contributed by atoms with E-state index >= 15 is 0 Å². The molecule has 0 saturated carbocycles. The summed E-state index contributed by atoms with van der Waals surface area (Å²) in [6.07, 6.45) is -4.17.